The van der Waals surface area contributed by atoms with Gasteiger partial charge in [0, 0.05) is 26.7 Å². The standard InChI is InChI=1S/C18H23NO2/c1-20-16-21-13-12-19(14-17-8-4-2-5-9-17)15-18-10-6-3-7-11-18/h2-11H,12-16H2,1H3. The highest BCUT2D eigenvalue weighted by Crippen LogP contribution is 2.09. The van der Waals surface area contributed by atoms with Crippen molar-refractivity contribution < 1.29 is 9.47 Å². The molecule has 0 fully saturated rings. The van der Waals surface area contributed by atoms with E-state index in [0.29, 0.717) is 13.4 Å². The van der Waals surface area contributed by atoms with Crippen molar-refractivity contribution in [2.75, 3.05) is 27.1 Å². The molecule has 0 N–H and O–H groups in total. The molecule has 3 nitrogen and oxygen atoms in total. The number of nitrogens with zero attached hydrogens (tertiary/aromatic N) is 1. The molecule has 0 aliphatic heterocycles. The third kappa shape index (κ3) is 6.08. The van der Waals surface area contributed by atoms with Crippen molar-refractivity contribution >= 4 is 0 Å². The fraction of sp³-hybridized carbons (Fsp3) is 0.333. The first kappa shape index (κ1) is 15.7. The number of benzene rings is 2. The highest BCUT2D eigenvalue weighted by molar-refractivity contribution is 5.17. The lowest BCUT2D eigenvalue weighted by molar-refractivity contribution is -0.0376. The first-order valence-electron chi connectivity index (χ1n) is 7.25. The number of ether oxygens (including phenoxy) is 2. The van der Waals surface area contributed by atoms with Crippen molar-refractivity contribution in [3.8, 4) is 0 Å². The van der Waals surface area contributed by atoms with Gasteiger partial charge in [0.15, 0.2) is 0 Å². The Morgan fingerprint density at radius 2 is 1.33 bits per heavy atom. The average Bonchev–Trinajstić information content (AvgIpc) is 2.53. The zero-order valence-corrected chi connectivity index (χ0v) is 12.6. The number of hydrogen-bond acceptors (Lipinski definition) is 3. The van der Waals surface area contributed by atoms with E-state index in [1.807, 2.05) is 12.1 Å². The van der Waals surface area contributed by atoms with Crippen LogP contribution >= 0.6 is 0 Å². The zero-order chi connectivity index (χ0) is 14.8. The van der Waals surface area contributed by atoms with E-state index in [0.717, 1.165) is 19.6 Å². The maximum Gasteiger partial charge on any atom is 0.146 e. The number of methoxy groups -OCH3 is 1. The second kappa shape index (κ2) is 9.29. The highest BCUT2D eigenvalue weighted by atomic mass is 16.7. The molecule has 0 unspecified atom stereocenters. The van der Waals surface area contributed by atoms with Gasteiger partial charge in [-0.1, -0.05) is 60.7 Å². The molecule has 0 aromatic heterocycles. The minimum Gasteiger partial charge on any atom is -0.359 e. The molecule has 21 heavy (non-hydrogen) atoms. The van der Waals surface area contributed by atoms with Gasteiger partial charge in [0.1, 0.15) is 6.79 Å². The molecule has 0 heterocycles. The molecule has 0 radical (unpaired) electrons. The average molecular weight is 285 g/mol. The molecular formula is C18H23NO2. The summed E-state index contributed by atoms with van der Waals surface area (Å²) in [7, 11) is 1.64. The summed E-state index contributed by atoms with van der Waals surface area (Å²) in [5.74, 6) is 0. The summed E-state index contributed by atoms with van der Waals surface area (Å²) in [6, 6.07) is 21.1. The lowest BCUT2D eigenvalue weighted by Crippen LogP contribution is -2.27. The first-order chi connectivity index (χ1) is 10.4. The zero-order valence-electron chi connectivity index (χ0n) is 12.6. The smallest absolute Gasteiger partial charge is 0.146 e. The van der Waals surface area contributed by atoms with E-state index in [1.54, 1.807) is 7.11 Å². The molecule has 2 aromatic rings. The van der Waals surface area contributed by atoms with E-state index >= 15 is 0 Å². The van der Waals surface area contributed by atoms with Gasteiger partial charge in [-0.2, -0.15) is 0 Å². The largest absolute Gasteiger partial charge is 0.359 e. The fourth-order valence-corrected chi connectivity index (χ4v) is 2.23. The maximum atomic E-state index is 5.42. The third-order valence-corrected chi connectivity index (χ3v) is 3.25. The Bertz CT molecular complexity index is 446. The van der Waals surface area contributed by atoms with E-state index in [-0.39, 0.29) is 0 Å². The predicted molar refractivity (Wildman–Crippen MR) is 84.8 cm³/mol. The second-order valence-electron chi connectivity index (χ2n) is 5.00. The Kier molecular flexibility index (Phi) is 6.95. The lowest BCUT2D eigenvalue weighted by Gasteiger charge is -2.22. The van der Waals surface area contributed by atoms with Crippen LogP contribution in [0.1, 0.15) is 11.1 Å². The normalized spacial score (nSPS) is 11.0. The van der Waals surface area contributed by atoms with Gasteiger partial charge in [-0.05, 0) is 11.1 Å². The number of rotatable bonds is 9. The van der Waals surface area contributed by atoms with Gasteiger partial charge in [-0.25, -0.2) is 0 Å². The summed E-state index contributed by atoms with van der Waals surface area (Å²) in [5, 5.41) is 0. The van der Waals surface area contributed by atoms with E-state index in [1.165, 1.54) is 11.1 Å². The van der Waals surface area contributed by atoms with Crippen molar-refractivity contribution in [1.29, 1.82) is 0 Å². The molecule has 2 rings (SSSR count). The van der Waals surface area contributed by atoms with Crippen molar-refractivity contribution in [1.82, 2.24) is 4.90 Å². The van der Waals surface area contributed by atoms with Gasteiger partial charge in [0.25, 0.3) is 0 Å². The second-order valence-corrected chi connectivity index (χ2v) is 5.00. The summed E-state index contributed by atoms with van der Waals surface area (Å²) in [5.41, 5.74) is 2.64. The highest BCUT2D eigenvalue weighted by Gasteiger charge is 2.07. The van der Waals surface area contributed by atoms with Crippen LogP contribution in [0, 0.1) is 0 Å². The predicted octanol–water partition coefficient (Wildman–Crippen LogP) is 3.31. The van der Waals surface area contributed by atoms with Crippen LogP contribution in [0.25, 0.3) is 0 Å². The van der Waals surface area contributed by atoms with Crippen LogP contribution in [0.3, 0.4) is 0 Å². The molecule has 0 saturated carbocycles. The fourth-order valence-electron chi connectivity index (χ4n) is 2.23. The lowest BCUT2D eigenvalue weighted by atomic mass is 10.1. The molecule has 2 aromatic carbocycles. The molecular weight excluding hydrogens is 262 g/mol. The van der Waals surface area contributed by atoms with Crippen molar-refractivity contribution in [2.24, 2.45) is 0 Å². The summed E-state index contributed by atoms with van der Waals surface area (Å²) in [6.07, 6.45) is 0. The first-order valence-corrected chi connectivity index (χ1v) is 7.25. The summed E-state index contributed by atoms with van der Waals surface area (Å²) in [4.78, 5) is 2.39. The van der Waals surface area contributed by atoms with Gasteiger partial charge < -0.3 is 9.47 Å². The van der Waals surface area contributed by atoms with Crippen LogP contribution < -0.4 is 0 Å². The molecule has 0 amide bonds. The Morgan fingerprint density at radius 3 is 1.81 bits per heavy atom. The van der Waals surface area contributed by atoms with Gasteiger partial charge in [-0.15, -0.1) is 0 Å². The van der Waals surface area contributed by atoms with Crippen molar-refractivity contribution in [2.45, 2.75) is 13.1 Å². The van der Waals surface area contributed by atoms with Crippen LogP contribution in [0.2, 0.25) is 0 Å². The van der Waals surface area contributed by atoms with Crippen molar-refractivity contribution in [3.05, 3.63) is 71.8 Å². The van der Waals surface area contributed by atoms with Gasteiger partial charge in [0.05, 0.1) is 6.61 Å². The van der Waals surface area contributed by atoms with Crippen LogP contribution in [-0.4, -0.2) is 32.0 Å². The van der Waals surface area contributed by atoms with E-state index in [9.17, 15) is 0 Å². The SMILES string of the molecule is COCOCCN(Cc1ccccc1)Cc1ccccc1. The third-order valence-electron chi connectivity index (χ3n) is 3.25. The molecule has 112 valence electrons. The van der Waals surface area contributed by atoms with Crippen LogP contribution in [0.5, 0.6) is 0 Å². The maximum absolute atomic E-state index is 5.42. The van der Waals surface area contributed by atoms with E-state index in [2.05, 4.69) is 53.4 Å². The minimum absolute atomic E-state index is 0.352. The van der Waals surface area contributed by atoms with Crippen molar-refractivity contribution in [3.63, 3.8) is 0 Å². The topological polar surface area (TPSA) is 21.7 Å². The molecule has 3 heteroatoms. The summed E-state index contributed by atoms with van der Waals surface area (Å²) < 4.78 is 10.3. The Morgan fingerprint density at radius 1 is 0.810 bits per heavy atom. The molecule has 0 saturated heterocycles. The Balaban J connectivity index is 1.93. The Hall–Kier alpha value is -1.68. The number of hydrogen-bond donors (Lipinski definition) is 0. The summed E-state index contributed by atoms with van der Waals surface area (Å²) in [6.45, 7) is 3.75. The van der Waals surface area contributed by atoms with E-state index < -0.39 is 0 Å². The van der Waals surface area contributed by atoms with Crippen LogP contribution in [-0.2, 0) is 22.6 Å². The van der Waals surface area contributed by atoms with Crippen LogP contribution in [0.15, 0.2) is 60.7 Å². The Labute approximate surface area is 127 Å². The molecule has 0 spiro atoms. The van der Waals surface area contributed by atoms with Crippen LogP contribution in [0.4, 0.5) is 0 Å². The minimum atomic E-state index is 0.352. The molecule has 0 atom stereocenters. The van der Waals surface area contributed by atoms with E-state index in [4.69, 9.17) is 9.47 Å². The van der Waals surface area contributed by atoms with Gasteiger partial charge >= 0.3 is 0 Å². The van der Waals surface area contributed by atoms with Gasteiger partial charge in [-0.3, -0.25) is 4.90 Å². The summed E-state index contributed by atoms with van der Waals surface area (Å²) >= 11 is 0. The molecule has 0 aliphatic rings. The molecule has 0 bridgehead atoms. The monoisotopic (exact) mass is 285 g/mol. The van der Waals surface area contributed by atoms with Gasteiger partial charge in [0.2, 0.25) is 0 Å². The molecule has 0 aliphatic carbocycles. The quantitative estimate of drug-likeness (QED) is 0.521.